The van der Waals surface area contributed by atoms with Crippen molar-refractivity contribution in [3.63, 3.8) is 0 Å². The van der Waals surface area contributed by atoms with Crippen molar-refractivity contribution in [3.8, 4) is 0 Å². The van der Waals surface area contributed by atoms with Crippen molar-refractivity contribution in [2.24, 2.45) is 10.8 Å². The lowest BCUT2D eigenvalue weighted by atomic mass is 9.66. The molecule has 25 heavy (non-hydrogen) atoms. The van der Waals surface area contributed by atoms with Gasteiger partial charge in [-0.2, -0.15) is 0 Å². The number of aromatic nitrogens is 3. The molecular weight excluding hydrogens is 334 g/mol. The molecule has 0 spiro atoms. The van der Waals surface area contributed by atoms with Gasteiger partial charge >= 0.3 is 6.01 Å². The van der Waals surface area contributed by atoms with Crippen molar-refractivity contribution in [1.29, 1.82) is 0 Å². The smallest absolute Gasteiger partial charge is 0.318 e. The van der Waals surface area contributed by atoms with Gasteiger partial charge in [0.1, 0.15) is 0 Å². The first-order chi connectivity index (χ1) is 11.9. The van der Waals surface area contributed by atoms with E-state index in [0.29, 0.717) is 17.7 Å². The number of fused-ring (bicyclic) bond motifs is 2. The normalized spacial score (nSPS) is 29.8. The van der Waals surface area contributed by atoms with E-state index < -0.39 is 0 Å². The predicted molar refractivity (Wildman–Crippen MR) is 98.6 cm³/mol. The van der Waals surface area contributed by atoms with E-state index in [1.807, 2.05) is 12.1 Å². The summed E-state index contributed by atoms with van der Waals surface area (Å²) < 4.78 is 5.98. The van der Waals surface area contributed by atoms with E-state index >= 15 is 0 Å². The lowest BCUT2D eigenvalue weighted by Crippen LogP contribution is -2.61. The van der Waals surface area contributed by atoms with Crippen LogP contribution in [0.15, 0.2) is 33.8 Å². The highest BCUT2D eigenvalue weighted by Gasteiger charge is 2.48. The molecule has 0 aliphatic carbocycles. The summed E-state index contributed by atoms with van der Waals surface area (Å²) in [5, 5.41) is 8.59. The molecule has 4 heterocycles. The molecule has 7 heteroatoms. The summed E-state index contributed by atoms with van der Waals surface area (Å²) in [5.74, 6) is 1.36. The molecule has 0 N–H and O–H groups in total. The molecule has 134 valence electrons. The second-order valence-corrected chi connectivity index (χ2v) is 9.33. The van der Waals surface area contributed by atoms with Gasteiger partial charge in [0.15, 0.2) is 0 Å². The zero-order chi connectivity index (χ0) is 17.5. The van der Waals surface area contributed by atoms with Crippen LogP contribution in [0.5, 0.6) is 0 Å². The molecule has 4 rings (SSSR count). The van der Waals surface area contributed by atoms with Crippen LogP contribution in [0.2, 0.25) is 0 Å². The number of thioether (sulfide) groups is 1. The zero-order valence-corrected chi connectivity index (χ0v) is 15.9. The average molecular weight is 359 g/mol. The van der Waals surface area contributed by atoms with Crippen LogP contribution in [0.3, 0.4) is 0 Å². The van der Waals surface area contributed by atoms with Crippen LogP contribution in [-0.2, 0) is 5.75 Å². The Morgan fingerprint density at radius 1 is 1.08 bits per heavy atom. The summed E-state index contributed by atoms with van der Waals surface area (Å²) in [6, 6.07) is 4.66. The molecule has 2 fully saturated rings. The highest BCUT2D eigenvalue weighted by molar-refractivity contribution is 7.98. The Bertz CT molecular complexity index is 718. The van der Waals surface area contributed by atoms with E-state index in [4.69, 9.17) is 4.42 Å². The molecule has 0 amide bonds. The van der Waals surface area contributed by atoms with E-state index in [1.54, 1.807) is 24.2 Å². The molecule has 0 radical (unpaired) electrons. The van der Waals surface area contributed by atoms with Gasteiger partial charge in [-0.1, -0.05) is 18.9 Å². The monoisotopic (exact) mass is 359 g/mol. The van der Waals surface area contributed by atoms with Crippen molar-refractivity contribution < 1.29 is 4.42 Å². The van der Waals surface area contributed by atoms with E-state index in [1.165, 1.54) is 6.42 Å². The molecule has 6 nitrogen and oxygen atoms in total. The quantitative estimate of drug-likeness (QED) is 0.778. The first kappa shape index (κ1) is 16.8. The minimum absolute atomic E-state index is 0.278. The van der Waals surface area contributed by atoms with Crippen LogP contribution in [-0.4, -0.2) is 53.3 Å². The van der Waals surface area contributed by atoms with Crippen LogP contribution in [0.1, 0.15) is 26.2 Å². The maximum Gasteiger partial charge on any atom is 0.318 e. The van der Waals surface area contributed by atoms with Crippen molar-refractivity contribution >= 4 is 17.8 Å². The summed E-state index contributed by atoms with van der Waals surface area (Å²) in [4.78, 5) is 9.95. The van der Waals surface area contributed by atoms with Gasteiger partial charge in [0, 0.05) is 43.5 Å². The number of nitrogens with zero attached hydrogens (tertiary/aromatic N) is 5. The second kappa shape index (κ2) is 6.29. The number of likely N-dealkylation sites (tertiary alicyclic amines) is 1. The summed E-state index contributed by atoms with van der Waals surface area (Å²) in [7, 11) is 2.23. The summed E-state index contributed by atoms with van der Waals surface area (Å²) >= 11 is 1.69. The Kier molecular flexibility index (Phi) is 4.24. The number of piperidine rings is 2. The lowest BCUT2D eigenvalue weighted by Gasteiger charge is -2.55. The first-order valence-electron chi connectivity index (χ1n) is 8.72. The van der Waals surface area contributed by atoms with Gasteiger partial charge in [-0.05, 0) is 36.4 Å². The minimum Gasteiger partial charge on any atom is -0.407 e. The fourth-order valence-corrected chi connectivity index (χ4v) is 5.56. The predicted octanol–water partition coefficient (Wildman–Crippen LogP) is 2.93. The molecule has 0 aromatic carbocycles. The Morgan fingerprint density at radius 2 is 1.76 bits per heavy atom. The fraction of sp³-hybridized carbons (Fsp3) is 0.611. The lowest BCUT2D eigenvalue weighted by molar-refractivity contribution is 0.00357. The Balaban J connectivity index is 1.45. The Hall–Kier alpha value is -1.60. The molecule has 2 aromatic heterocycles. The van der Waals surface area contributed by atoms with E-state index in [2.05, 4.69) is 45.9 Å². The van der Waals surface area contributed by atoms with Gasteiger partial charge in [-0.3, -0.25) is 4.98 Å². The van der Waals surface area contributed by atoms with Gasteiger partial charge in [0.05, 0.1) is 5.75 Å². The standard InChI is InChI=1S/C18H25N5OS/c1-17-9-18(2,11-22(3)10-17)13-23(12-17)16-21-20-15(24-16)8-25-14-4-6-19-7-5-14/h4-7H,8-13H2,1-3H3. The third-order valence-electron chi connectivity index (χ3n) is 5.04. The third kappa shape index (κ3) is 3.67. The first-order valence-corrected chi connectivity index (χ1v) is 9.70. The van der Waals surface area contributed by atoms with Crippen molar-refractivity contribution in [2.45, 2.75) is 30.9 Å². The maximum absolute atomic E-state index is 5.98. The van der Waals surface area contributed by atoms with Crippen LogP contribution in [0, 0.1) is 10.8 Å². The molecule has 2 bridgehead atoms. The number of anilines is 1. The van der Waals surface area contributed by atoms with Crippen LogP contribution in [0.25, 0.3) is 0 Å². The number of hydrogen-bond acceptors (Lipinski definition) is 7. The minimum atomic E-state index is 0.278. The molecule has 2 aromatic rings. The van der Waals surface area contributed by atoms with Gasteiger partial charge in [-0.15, -0.1) is 16.9 Å². The number of hydrogen-bond donors (Lipinski definition) is 0. The summed E-state index contributed by atoms with van der Waals surface area (Å²) in [6.45, 7) is 8.96. The van der Waals surface area contributed by atoms with Crippen molar-refractivity contribution in [3.05, 3.63) is 30.4 Å². The number of pyridine rings is 1. The second-order valence-electron chi connectivity index (χ2n) is 8.28. The SMILES string of the molecule is CN1CC2(C)CN(c3nnc(CSc4ccncc4)o3)CC(C)(C1)C2. The van der Waals surface area contributed by atoms with Crippen molar-refractivity contribution in [1.82, 2.24) is 20.1 Å². The molecular formula is C18H25N5OS. The van der Waals surface area contributed by atoms with Gasteiger partial charge in [0.2, 0.25) is 5.89 Å². The Labute approximate surface area is 153 Å². The summed E-state index contributed by atoms with van der Waals surface area (Å²) in [5.41, 5.74) is 0.556. The molecule has 2 aliphatic rings. The van der Waals surface area contributed by atoms with Crippen molar-refractivity contribution in [2.75, 3.05) is 38.1 Å². The van der Waals surface area contributed by atoms with E-state index in [0.717, 1.165) is 31.1 Å². The van der Waals surface area contributed by atoms with E-state index in [9.17, 15) is 0 Å². The molecule has 2 aliphatic heterocycles. The van der Waals surface area contributed by atoms with Gasteiger partial charge in [-0.25, -0.2) is 0 Å². The van der Waals surface area contributed by atoms with Gasteiger partial charge < -0.3 is 14.2 Å². The highest BCUT2D eigenvalue weighted by atomic mass is 32.2. The molecule has 0 saturated carbocycles. The largest absolute Gasteiger partial charge is 0.407 e. The van der Waals surface area contributed by atoms with Crippen LogP contribution in [0.4, 0.5) is 6.01 Å². The molecule has 2 saturated heterocycles. The van der Waals surface area contributed by atoms with Crippen LogP contribution >= 0.6 is 11.8 Å². The zero-order valence-electron chi connectivity index (χ0n) is 15.1. The third-order valence-corrected chi connectivity index (χ3v) is 6.04. The molecule has 2 atom stereocenters. The molecule has 2 unspecified atom stereocenters. The summed E-state index contributed by atoms with van der Waals surface area (Å²) in [6.07, 6.45) is 4.86. The Morgan fingerprint density at radius 3 is 2.44 bits per heavy atom. The van der Waals surface area contributed by atoms with Gasteiger partial charge in [0.25, 0.3) is 0 Å². The fourth-order valence-electron chi connectivity index (χ4n) is 4.84. The topological polar surface area (TPSA) is 58.3 Å². The maximum atomic E-state index is 5.98. The van der Waals surface area contributed by atoms with Crippen LogP contribution < -0.4 is 4.90 Å². The number of rotatable bonds is 4. The van der Waals surface area contributed by atoms with E-state index in [-0.39, 0.29) is 10.8 Å². The highest BCUT2D eigenvalue weighted by Crippen LogP contribution is 2.45. The average Bonchev–Trinajstić information content (AvgIpc) is 3.00.